The average molecular weight is 309 g/mol. The van der Waals surface area contributed by atoms with E-state index < -0.39 is 0 Å². The van der Waals surface area contributed by atoms with Gasteiger partial charge in [0.2, 0.25) is 0 Å². The van der Waals surface area contributed by atoms with Gasteiger partial charge < -0.3 is 15.5 Å². The Morgan fingerprint density at radius 3 is 2.48 bits per heavy atom. The second kappa shape index (κ2) is 8.63. The highest BCUT2D eigenvalue weighted by atomic mass is 16.5. The highest BCUT2D eigenvalue weighted by Crippen LogP contribution is 2.27. The van der Waals surface area contributed by atoms with Crippen molar-refractivity contribution in [2.45, 2.75) is 20.3 Å². The molecule has 2 aromatic carbocycles. The van der Waals surface area contributed by atoms with Crippen molar-refractivity contribution in [3.8, 4) is 17.0 Å². The third-order valence-corrected chi connectivity index (χ3v) is 3.30. The minimum absolute atomic E-state index is 0.620. The summed E-state index contributed by atoms with van der Waals surface area (Å²) in [5.41, 5.74) is 9.65. The number of nitrogens with zero attached hydrogens (tertiary/aromatic N) is 1. The van der Waals surface area contributed by atoms with Crippen LogP contribution in [0.4, 0.5) is 5.69 Å². The van der Waals surface area contributed by atoms with E-state index in [1.807, 2.05) is 62.4 Å². The molecule has 0 saturated carbocycles. The molecule has 23 heavy (non-hydrogen) atoms. The zero-order valence-electron chi connectivity index (χ0n) is 13.6. The summed E-state index contributed by atoms with van der Waals surface area (Å²) in [5.74, 6) is 0.859. The summed E-state index contributed by atoms with van der Waals surface area (Å²) in [5, 5.41) is 0. The fourth-order valence-electron chi connectivity index (χ4n) is 2.18. The lowest BCUT2D eigenvalue weighted by Gasteiger charge is -2.10. The molecule has 0 aliphatic rings. The normalized spacial score (nSPS) is 9.83. The molecule has 0 bridgehead atoms. The number of hydrogen-bond acceptors (Lipinski definition) is 3. The summed E-state index contributed by atoms with van der Waals surface area (Å²) < 4.78 is 5.92. The van der Waals surface area contributed by atoms with Gasteiger partial charge >= 0.3 is 0 Å². The van der Waals surface area contributed by atoms with Crippen molar-refractivity contribution in [2.75, 3.05) is 12.3 Å². The van der Waals surface area contributed by atoms with Crippen LogP contribution in [0.1, 0.15) is 19.4 Å². The van der Waals surface area contributed by atoms with Gasteiger partial charge in [0.25, 0.3) is 0 Å². The summed E-state index contributed by atoms with van der Waals surface area (Å²) in [4.78, 5) is 7.16. The van der Waals surface area contributed by atoms with Gasteiger partial charge in [-0.25, -0.2) is 4.98 Å². The Labute approximate surface area is 137 Å². The van der Waals surface area contributed by atoms with Gasteiger partial charge in [-0.3, -0.25) is 0 Å². The predicted molar refractivity (Wildman–Crippen MR) is 95.4 cm³/mol. The van der Waals surface area contributed by atoms with Crippen molar-refractivity contribution in [3.05, 3.63) is 66.6 Å². The van der Waals surface area contributed by atoms with Gasteiger partial charge in [0.05, 0.1) is 24.8 Å². The molecule has 0 radical (unpaired) electrons. The van der Waals surface area contributed by atoms with E-state index in [9.17, 15) is 0 Å². The van der Waals surface area contributed by atoms with Crippen LogP contribution < -0.4 is 10.5 Å². The second-order valence-electron chi connectivity index (χ2n) is 4.80. The van der Waals surface area contributed by atoms with Crippen LogP contribution in [0.15, 0.2) is 61.1 Å². The first kappa shape index (κ1) is 16.6. The van der Waals surface area contributed by atoms with Gasteiger partial charge in [-0.2, -0.15) is 0 Å². The Morgan fingerprint density at radius 1 is 1.04 bits per heavy atom. The highest BCUT2D eigenvalue weighted by molar-refractivity contribution is 5.66. The Balaban J connectivity index is 0.000000924. The first-order valence-corrected chi connectivity index (χ1v) is 7.88. The molecule has 0 aliphatic heterocycles. The Kier molecular flexibility index (Phi) is 6.24. The average Bonchev–Trinajstić information content (AvgIpc) is 3.13. The van der Waals surface area contributed by atoms with Gasteiger partial charge in [-0.15, -0.1) is 0 Å². The largest absolute Gasteiger partial charge is 0.493 e. The lowest BCUT2D eigenvalue weighted by molar-refractivity contribution is 0.323. The minimum Gasteiger partial charge on any atom is -0.493 e. The zero-order chi connectivity index (χ0) is 16.5. The number of benzene rings is 2. The topological polar surface area (TPSA) is 63.9 Å². The quantitative estimate of drug-likeness (QED) is 0.690. The Hall–Kier alpha value is -2.75. The van der Waals surface area contributed by atoms with E-state index in [0.29, 0.717) is 6.61 Å². The number of nitrogens with one attached hydrogen (secondary N) is 1. The number of rotatable bonds is 5. The number of H-pyrrole nitrogens is 1. The molecule has 0 aliphatic carbocycles. The molecule has 120 valence electrons. The van der Waals surface area contributed by atoms with Gasteiger partial charge in [0, 0.05) is 17.7 Å². The molecule has 3 N–H and O–H groups in total. The number of imidazole rings is 1. The lowest BCUT2D eigenvalue weighted by atomic mass is 10.1. The van der Waals surface area contributed by atoms with Crippen LogP contribution in [0.5, 0.6) is 5.75 Å². The molecule has 4 nitrogen and oxygen atoms in total. The third kappa shape index (κ3) is 4.61. The summed E-state index contributed by atoms with van der Waals surface area (Å²) in [6, 6.07) is 15.8. The van der Waals surface area contributed by atoms with E-state index in [4.69, 9.17) is 10.5 Å². The summed E-state index contributed by atoms with van der Waals surface area (Å²) in [6.07, 6.45) is 4.31. The van der Waals surface area contributed by atoms with E-state index in [2.05, 4.69) is 9.97 Å². The number of aromatic amines is 1. The van der Waals surface area contributed by atoms with Crippen LogP contribution in [0.25, 0.3) is 11.3 Å². The summed E-state index contributed by atoms with van der Waals surface area (Å²) in [7, 11) is 0. The van der Waals surface area contributed by atoms with Gasteiger partial charge in [-0.05, 0) is 29.8 Å². The van der Waals surface area contributed by atoms with E-state index in [1.54, 1.807) is 12.5 Å². The van der Waals surface area contributed by atoms with Crippen LogP contribution in [-0.4, -0.2) is 16.6 Å². The number of aromatic nitrogens is 2. The van der Waals surface area contributed by atoms with Crippen LogP contribution in [0.2, 0.25) is 0 Å². The fourth-order valence-corrected chi connectivity index (χ4v) is 2.18. The maximum atomic E-state index is 5.92. The number of nitrogens with two attached hydrogens (primary N) is 1. The van der Waals surface area contributed by atoms with Crippen molar-refractivity contribution in [1.29, 1.82) is 0 Å². The molecule has 3 rings (SSSR count). The van der Waals surface area contributed by atoms with Crippen LogP contribution in [-0.2, 0) is 6.42 Å². The maximum Gasteiger partial charge on any atom is 0.128 e. The zero-order valence-corrected chi connectivity index (χ0v) is 13.6. The number of ether oxygens (including phenoxy) is 1. The molecule has 3 aromatic rings. The van der Waals surface area contributed by atoms with Crippen molar-refractivity contribution >= 4 is 5.69 Å². The van der Waals surface area contributed by atoms with Crippen LogP contribution >= 0.6 is 0 Å². The van der Waals surface area contributed by atoms with Crippen LogP contribution in [0, 0.1) is 0 Å². The molecule has 0 unspecified atom stereocenters. The molecule has 4 heteroatoms. The van der Waals surface area contributed by atoms with E-state index in [-0.39, 0.29) is 0 Å². The molecule has 0 amide bonds. The second-order valence-corrected chi connectivity index (χ2v) is 4.80. The van der Waals surface area contributed by atoms with Gasteiger partial charge in [0.1, 0.15) is 5.75 Å². The molecular weight excluding hydrogens is 286 g/mol. The SMILES string of the molecule is CC.Nc1ccc(CCOc2ccccc2-c2cnc[nH]2)cc1. The maximum absolute atomic E-state index is 5.92. The molecule has 0 fully saturated rings. The lowest BCUT2D eigenvalue weighted by Crippen LogP contribution is -2.02. The number of nitrogen functional groups attached to an aromatic ring is 1. The number of para-hydroxylation sites is 1. The monoisotopic (exact) mass is 309 g/mol. The van der Waals surface area contributed by atoms with E-state index in [0.717, 1.165) is 29.1 Å². The van der Waals surface area contributed by atoms with Gasteiger partial charge in [-0.1, -0.05) is 38.1 Å². The van der Waals surface area contributed by atoms with Crippen LogP contribution in [0.3, 0.4) is 0 Å². The molecule has 1 heterocycles. The van der Waals surface area contributed by atoms with Crippen molar-refractivity contribution in [3.63, 3.8) is 0 Å². The van der Waals surface area contributed by atoms with E-state index >= 15 is 0 Å². The number of hydrogen-bond donors (Lipinski definition) is 2. The fraction of sp³-hybridized carbons (Fsp3) is 0.211. The van der Waals surface area contributed by atoms with E-state index in [1.165, 1.54) is 5.56 Å². The first-order chi connectivity index (χ1) is 11.3. The Morgan fingerprint density at radius 2 is 1.78 bits per heavy atom. The molecule has 0 saturated heterocycles. The van der Waals surface area contributed by atoms with Crippen molar-refractivity contribution in [1.82, 2.24) is 9.97 Å². The molecular formula is C19H23N3O. The first-order valence-electron chi connectivity index (χ1n) is 7.88. The third-order valence-electron chi connectivity index (χ3n) is 3.30. The molecule has 0 spiro atoms. The number of anilines is 1. The minimum atomic E-state index is 0.620. The highest BCUT2D eigenvalue weighted by Gasteiger charge is 2.06. The predicted octanol–water partition coefficient (Wildman–Crippen LogP) is 4.31. The standard InChI is InChI=1S/C17H17N3O.C2H6/c18-14-7-5-13(6-8-14)9-10-21-17-4-2-1-3-15(17)16-11-19-12-20-16;1-2/h1-8,11-12H,9-10,18H2,(H,19,20);1-2H3. The van der Waals surface area contributed by atoms with Crippen molar-refractivity contribution < 1.29 is 4.74 Å². The van der Waals surface area contributed by atoms with Gasteiger partial charge in [0.15, 0.2) is 0 Å². The Bertz CT molecular complexity index is 691. The summed E-state index contributed by atoms with van der Waals surface area (Å²) in [6.45, 7) is 4.62. The smallest absolute Gasteiger partial charge is 0.128 e. The van der Waals surface area contributed by atoms with Crippen molar-refractivity contribution in [2.24, 2.45) is 0 Å². The summed E-state index contributed by atoms with van der Waals surface area (Å²) >= 11 is 0. The molecule has 1 aromatic heterocycles. The molecule has 0 atom stereocenters.